The Morgan fingerprint density at radius 1 is 1.23 bits per heavy atom. The van der Waals surface area contributed by atoms with Gasteiger partial charge in [-0.05, 0) is 78.0 Å². The van der Waals surface area contributed by atoms with E-state index in [2.05, 4.69) is 59.8 Å². The summed E-state index contributed by atoms with van der Waals surface area (Å²) in [5.74, 6) is 3.01. The summed E-state index contributed by atoms with van der Waals surface area (Å²) in [6.45, 7) is 13.3. The molecule has 2 nitrogen and oxygen atoms in total. The zero-order chi connectivity index (χ0) is 18.9. The zero-order valence-corrected chi connectivity index (χ0v) is 17.5. The lowest BCUT2D eigenvalue weighted by Crippen LogP contribution is -2.45. The standard InChI is InChI=1S/C24H36O2/c1-7-8-9-10-18-14-21(25-16(2)3)23-19-13-17(4)11-12-20(19)24(5,6)26-22(23)15-18/h13-16,19-20H,7-12H2,1-6H3/t19-,20-/m1/s1. The second-order valence-corrected chi connectivity index (χ2v) is 9.02. The smallest absolute Gasteiger partial charge is 0.127 e. The summed E-state index contributed by atoms with van der Waals surface area (Å²) in [6, 6.07) is 4.57. The third kappa shape index (κ3) is 3.94. The molecule has 0 N–H and O–H groups in total. The first-order valence-electron chi connectivity index (χ1n) is 10.5. The Balaban J connectivity index is 2.06. The summed E-state index contributed by atoms with van der Waals surface area (Å²) in [6.07, 6.45) is 9.87. The van der Waals surface area contributed by atoms with E-state index >= 15 is 0 Å². The van der Waals surface area contributed by atoms with Gasteiger partial charge in [0.25, 0.3) is 0 Å². The number of hydrogen-bond acceptors (Lipinski definition) is 2. The summed E-state index contributed by atoms with van der Waals surface area (Å²) < 4.78 is 12.9. The van der Waals surface area contributed by atoms with Gasteiger partial charge in [0.2, 0.25) is 0 Å². The molecular formula is C24H36O2. The highest BCUT2D eigenvalue weighted by Crippen LogP contribution is 2.53. The van der Waals surface area contributed by atoms with Crippen LogP contribution in [0.2, 0.25) is 0 Å². The predicted octanol–water partition coefficient (Wildman–Crippen LogP) is 6.82. The van der Waals surface area contributed by atoms with Crippen LogP contribution in [0.4, 0.5) is 0 Å². The number of unbranched alkanes of at least 4 members (excludes halogenated alkanes) is 2. The Morgan fingerprint density at radius 2 is 2.00 bits per heavy atom. The molecule has 0 spiro atoms. The van der Waals surface area contributed by atoms with Crippen LogP contribution < -0.4 is 9.47 Å². The number of aryl methyl sites for hydroxylation is 1. The van der Waals surface area contributed by atoms with Crippen molar-refractivity contribution in [2.75, 3.05) is 0 Å². The summed E-state index contributed by atoms with van der Waals surface area (Å²) in [5.41, 5.74) is 3.99. The lowest BCUT2D eigenvalue weighted by molar-refractivity contribution is 0.0101. The molecule has 0 saturated heterocycles. The third-order valence-corrected chi connectivity index (χ3v) is 5.94. The number of allylic oxidation sites excluding steroid dienone is 2. The lowest BCUT2D eigenvalue weighted by Gasteiger charge is -2.47. The fourth-order valence-electron chi connectivity index (χ4n) is 4.64. The summed E-state index contributed by atoms with van der Waals surface area (Å²) >= 11 is 0. The van der Waals surface area contributed by atoms with Crippen LogP contribution in [0.5, 0.6) is 11.5 Å². The van der Waals surface area contributed by atoms with Crippen molar-refractivity contribution < 1.29 is 9.47 Å². The highest BCUT2D eigenvalue weighted by molar-refractivity contribution is 5.54. The molecular weight excluding hydrogens is 320 g/mol. The van der Waals surface area contributed by atoms with Gasteiger partial charge in [0, 0.05) is 17.4 Å². The number of hydrogen-bond donors (Lipinski definition) is 0. The van der Waals surface area contributed by atoms with Crippen molar-refractivity contribution in [1.82, 2.24) is 0 Å². The minimum Gasteiger partial charge on any atom is -0.491 e. The van der Waals surface area contributed by atoms with Gasteiger partial charge in [-0.2, -0.15) is 0 Å². The van der Waals surface area contributed by atoms with E-state index in [0.29, 0.717) is 11.8 Å². The van der Waals surface area contributed by atoms with E-state index in [1.807, 2.05) is 0 Å². The van der Waals surface area contributed by atoms with Crippen LogP contribution in [0.15, 0.2) is 23.8 Å². The first-order chi connectivity index (χ1) is 12.3. The summed E-state index contributed by atoms with van der Waals surface area (Å²) in [5, 5.41) is 0. The van der Waals surface area contributed by atoms with Gasteiger partial charge in [0.05, 0.1) is 6.10 Å². The molecule has 26 heavy (non-hydrogen) atoms. The molecule has 2 aliphatic rings. The zero-order valence-electron chi connectivity index (χ0n) is 17.5. The van der Waals surface area contributed by atoms with Gasteiger partial charge in [-0.15, -0.1) is 0 Å². The molecule has 0 fully saturated rings. The largest absolute Gasteiger partial charge is 0.491 e. The van der Waals surface area contributed by atoms with Gasteiger partial charge >= 0.3 is 0 Å². The molecule has 144 valence electrons. The van der Waals surface area contributed by atoms with E-state index < -0.39 is 0 Å². The third-order valence-electron chi connectivity index (χ3n) is 5.94. The van der Waals surface area contributed by atoms with Crippen molar-refractivity contribution in [3.05, 3.63) is 34.9 Å². The van der Waals surface area contributed by atoms with Crippen molar-refractivity contribution in [3.8, 4) is 11.5 Å². The SMILES string of the molecule is CCCCCc1cc(OC(C)C)c2c(c1)OC(C)(C)[C@@H]1CCC(C)=C[C@@H]21. The topological polar surface area (TPSA) is 18.5 Å². The maximum absolute atomic E-state index is 6.58. The highest BCUT2D eigenvalue weighted by Gasteiger charge is 2.45. The predicted molar refractivity (Wildman–Crippen MR) is 109 cm³/mol. The van der Waals surface area contributed by atoms with Crippen LogP contribution in [-0.2, 0) is 6.42 Å². The monoisotopic (exact) mass is 356 g/mol. The lowest BCUT2D eigenvalue weighted by atomic mass is 9.68. The fraction of sp³-hybridized carbons (Fsp3) is 0.667. The minimum atomic E-state index is -0.133. The van der Waals surface area contributed by atoms with Crippen LogP contribution in [-0.4, -0.2) is 11.7 Å². The number of fused-ring (bicyclic) bond motifs is 3. The van der Waals surface area contributed by atoms with Crippen molar-refractivity contribution >= 4 is 0 Å². The van der Waals surface area contributed by atoms with E-state index in [1.54, 1.807) is 0 Å². The maximum atomic E-state index is 6.58. The maximum Gasteiger partial charge on any atom is 0.127 e. The molecule has 3 rings (SSSR count). The highest BCUT2D eigenvalue weighted by atomic mass is 16.5. The molecule has 2 atom stereocenters. The number of benzene rings is 1. The molecule has 0 amide bonds. The van der Waals surface area contributed by atoms with Crippen molar-refractivity contribution in [1.29, 1.82) is 0 Å². The van der Waals surface area contributed by atoms with Crippen LogP contribution >= 0.6 is 0 Å². The average molecular weight is 357 g/mol. The van der Waals surface area contributed by atoms with E-state index in [-0.39, 0.29) is 11.7 Å². The quantitative estimate of drug-likeness (QED) is 0.411. The molecule has 0 radical (unpaired) electrons. The Morgan fingerprint density at radius 3 is 2.69 bits per heavy atom. The molecule has 0 saturated carbocycles. The fourth-order valence-corrected chi connectivity index (χ4v) is 4.64. The normalized spacial score (nSPS) is 23.7. The molecule has 1 aromatic rings. The number of ether oxygens (including phenoxy) is 2. The van der Waals surface area contributed by atoms with E-state index in [1.165, 1.54) is 48.8 Å². The Labute approximate surface area is 160 Å². The van der Waals surface area contributed by atoms with Crippen LogP contribution in [0, 0.1) is 5.92 Å². The van der Waals surface area contributed by atoms with Crippen LogP contribution in [0.25, 0.3) is 0 Å². The van der Waals surface area contributed by atoms with Gasteiger partial charge in [-0.25, -0.2) is 0 Å². The Bertz CT molecular complexity index is 652. The van der Waals surface area contributed by atoms with Crippen molar-refractivity contribution in [2.45, 2.75) is 97.7 Å². The summed E-state index contributed by atoms with van der Waals surface area (Å²) in [7, 11) is 0. The number of rotatable bonds is 6. The van der Waals surface area contributed by atoms with E-state index in [4.69, 9.17) is 9.47 Å². The van der Waals surface area contributed by atoms with Crippen LogP contribution in [0.3, 0.4) is 0 Å². The van der Waals surface area contributed by atoms with Gasteiger partial charge < -0.3 is 9.47 Å². The first kappa shape index (κ1) is 19.3. The van der Waals surface area contributed by atoms with Crippen molar-refractivity contribution in [3.63, 3.8) is 0 Å². The molecule has 1 aliphatic carbocycles. The van der Waals surface area contributed by atoms with E-state index in [0.717, 1.165) is 17.9 Å². The molecule has 0 unspecified atom stereocenters. The average Bonchev–Trinajstić information content (AvgIpc) is 2.53. The second kappa shape index (κ2) is 7.66. The van der Waals surface area contributed by atoms with Gasteiger partial charge in [-0.3, -0.25) is 0 Å². The Hall–Kier alpha value is -1.44. The minimum absolute atomic E-state index is 0.133. The molecule has 1 heterocycles. The first-order valence-corrected chi connectivity index (χ1v) is 10.5. The molecule has 1 aliphatic heterocycles. The molecule has 0 bridgehead atoms. The van der Waals surface area contributed by atoms with Crippen molar-refractivity contribution in [2.24, 2.45) is 5.92 Å². The Kier molecular flexibility index (Phi) is 5.69. The van der Waals surface area contributed by atoms with Gasteiger partial charge in [-0.1, -0.05) is 31.4 Å². The van der Waals surface area contributed by atoms with Crippen LogP contribution in [0.1, 0.15) is 90.7 Å². The molecule has 0 aromatic heterocycles. The van der Waals surface area contributed by atoms with Gasteiger partial charge in [0.15, 0.2) is 0 Å². The molecule has 2 heteroatoms. The van der Waals surface area contributed by atoms with E-state index in [9.17, 15) is 0 Å². The summed E-state index contributed by atoms with van der Waals surface area (Å²) in [4.78, 5) is 0. The molecule has 1 aromatic carbocycles. The second-order valence-electron chi connectivity index (χ2n) is 9.02. The van der Waals surface area contributed by atoms with Gasteiger partial charge in [0.1, 0.15) is 17.1 Å².